The molecule has 0 fully saturated rings. The fourth-order valence-electron chi connectivity index (χ4n) is 3.07. The molecule has 0 bridgehead atoms. The number of nitrogens with zero attached hydrogens (tertiary/aromatic N) is 1. The van der Waals surface area contributed by atoms with Gasteiger partial charge in [0.15, 0.2) is 0 Å². The van der Waals surface area contributed by atoms with Crippen LogP contribution in [0.3, 0.4) is 0 Å². The maximum Gasteiger partial charge on any atom is 0.261 e. The van der Waals surface area contributed by atoms with Crippen molar-refractivity contribution in [3.8, 4) is 5.75 Å². The highest BCUT2D eigenvalue weighted by molar-refractivity contribution is 6.21. The summed E-state index contributed by atoms with van der Waals surface area (Å²) in [6.07, 6.45) is -0.967. The monoisotopic (exact) mass is 353 g/mol. The number of hydrogen-bond acceptors (Lipinski definition) is 4. The Kier molecular flexibility index (Phi) is 4.83. The molecule has 3 rings (SSSR count). The number of ether oxygens (including phenoxy) is 1. The fraction of sp³-hybridized carbons (Fsp3) is 0.333. The molecule has 136 valence electrons. The lowest BCUT2D eigenvalue weighted by molar-refractivity contribution is 0.0455. The lowest BCUT2D eigenvalue weighted by atomic mass is 9.86. The molecule has 0 saturated heterocycles. The second-order valence-corrected chi connectivity index (χ2v) is 7.48. The number of aliphatic hydroxyl groups is 1. The lowest BCUT2D eigenvalue weighted by Gasteiger charge is -2.24. The van der Waals surface area contributed by atoms with E-state index in [4.69, 9.17) is 4.74 Å². The second kappa shape index (κ2) is 6.92. The predicted octanol–water partition coefficient (Wildman–Crippen LogP) is 3.02. The molecule has 0 aliphatic carbocycles. The summed E-state index contributed by atoms with van der Waals surface area (Å²) in [6, 6.07) is 14.4. The zero-order chi connectivity index (χ0) is 18.9. The van der Waals surface area contributed by atoms with E-state index in [2.05, 4.69) is 20.8 Å². The van der Waals surface area contributed by atoms with Crippen LogP contribution in [0.15, 0.2) is 48.5 Å². The molecule has 0 aromatic heterocycles. The van der Waals surface area contributed by atoms with E-state index >= 15 is 0 Å². The number of benzene rings is 2. The van der Waals surface area contributed by atoms with Crippen LogP contribution in [-0.2, 0) is 5.41 Å². The van der Waals surface area contributed by atoms with Crippen molar-refractivity contribution in [2.45, 2.75) is 32.3 Å². The number of imide groups is 1. The molecule has 1 atom stereocenters. The standard InChI is InChI=1S/C21H23NO4/c1-21(2,3)17-10-6-7-11-18(17)26-13-14(23)12-22-19(24)15-8-4-5-9-16(15)20(22)25/h4-11,14,23H,12-13H2,1-3H3. The molecule has 0 saturated carbocycles. The number of para-hydroxylation sites is 1. The molecule has 0 radical (unpaired) electrons. The minimum atomic E-state index is -0.967. The number of carbonyl (C=O) groups is 2. The zero-order valence-electron chi connectivity index (χ0n) is 15.2. The van der Waals surface area contributed by atoms with E-state index in [0.29, 0.717) is 16.9 Å². The van der Waals surface area contributed by atoms with Crippen LogP contribution in [-0.4, -0.2) is 41.1 Å². The van der Waals surface area contributed by atoms with E-state index in [1.807, 2.05) is 24.3 Å². The number of hydrogen-bond donors (Lipinski definition) is 1. The molecule has 1 aliphatic rings. The van der Waals surface area contributed by atoms with Gasteiger partial charge < -0.3 is 9.84 Å². The first kappa shape index (κ1) is 18.1. The first-order valence-corrected chi connectivity index (χ1v) is 8.64. The Morgan fingerprint density at radius 3 is 2.08 bits per heavy atom. The van der Waals surface area contributed by atoms with Crippen LogP contribution in [0.25, 0.3) is 0 Å². The minimum absolute atomic E-state index is 0.000495. The van der Waals surface area contributed by atoms with E-state index in [1.54, 1.807) is 24.3 Å². The van der Waals surface area contributed by atoms with Gasteiger partial charge in [-0.15, -0.1) is 0 Å². The number of fused-ring (bicyclic) bond motifs is 1. The third kappa shape index (κ3) is 3.48. The number of amides is 2. The van der Waals surface area contributed by atoms with Crippen molar-refractivity contribution in [3.63, 3.8) is 0 Å². The van der Waals surface area contributed by atoms with Gasteiger partial charge in [0, 0.05) is 0 Å². The van der Waals surface area contributed by atoms with Crippen molar-refractivity contribution >= 4 is 11.8 Å². The molecule has 1 aliphatic heterocycles. The normalized spacial score (nSPS) is 15.2. The van der Waals surface area contributed by atoms with E-state index < -0.39 is 6.10 Å². The number of carbonyl (C=O) groups excluding carboxylic acids is 2. The first-order chi connectivity index (χ1) is 12.3. The maximum atomic E-state index is 12.4. The van der Waals surface area contributed by atoms with Crippen molar-refractivity contribution in [3.05, 3.63) is 65.2 Å². The van der Waals surface area contributed by atoms with Gasteiger partial charge in [0.1, 0.15) is 18.5 Å². The zero-order valence-corrected chi connectivity index (χ0v) is 15.2. The molecule has 2 aromatic rings. The Labute approximate surface area is 153 Å². The average molecular weight is 353 g/mol. The molecule has 2 aromatic carbocycles. The summed E-state index contributed by atoms with van der Waals surface area (Å²) < 4.78 is 5.78. The van der Waals surface area contributed by atoms with Crippen LogP contribution in [0.1, 0.15) is 47.1 Å². The Bertz CT molecular complexity index is 803. The van der Waals surface area contributed by atoms with Crippen molar-refractivity contribution in [2.75, 3.05) is 13.2 Å². The van der Waals surface area contributed by atoms with Crippen LogP contribution in [0.5, 0.6) is 5.75 Å². The molecule has 26 heavy (non-hydrogen) atoms. The molecule has 0 spiro atoms. The predicted molar refractivity (Wildman–Crippen MR) is 98.5 cm³/mol. The topological polar surface area (TPSA) is 66.8 Å². The largest absolute Gasteiger partial charge is 0.491 e. The van der Waals surface area contributed by atoms with Crippen LogP contribution in [0.4, 0.5) is 0 Å². The SMILES string of the molecule is CC(C)(C)c1ccccc1OCC(O)CN1C(=O)c2ccccc2C1=O. The number of aliphatic hydroxyl groups excluding tert-OH is 1. The molecular formula is C21H23NO4. The van der Waals surface area contributed by atoms with Crippen molar-refractivity contribution in [1.29, 1.82) is 0 Å². The molecule has 2 amide bonds. The van der Waals surface area contributed by atoms with Gasteiger partial charge in [0.2, 0.25) is 0 Å². The summed E-state index contributed by atoms with van der Waals surface area (Å²) in [5, 5.41) is 10.3. The van der Waals surface area contributed by atoms with Crippen LogP contribution in [0.2, 0.25) is 0 Å². The first-order valence-electron chi connectivity index (χ1n) is 8.64. The number of β-amino-alcohol motifs (C(OH)–C–C–N with tert-alkyl or cyclic N) is 1. The highest BCUT2D eigenvalue weighted by Crippen LogP contribution is 2.31. The summed E-state index contributed by atoms with van der Waals surface area (Å²) in [6.45, 7) is 6.17. The molecule has 1 N–H and O–H groups in total. The smallest absolute Gasteiger partial charge is 0.261 e. The van der Waals surface area contributed by atoms with Gasteiger partial charge >= 0.3 is 0 Å². The second-order valence-electron chi connectivity index (χ2n) is 7.48. The lowest BCUT2D eigenvalue weighted by Crippen LogP contribution is -2.39. The van der Waals surface area contributed by atoms with Crippen LogP contribution in [0, 0.1) is 0 Å². The van der Waals surface area contributed by atoms with Gasteiger partial charge in [-0.25, -0.2) is 0 Å². The van der Waals surface area contributed by atoms with Crippen molar-refractivity contribution < 1.29 is 19.4 Å². The summed E-state index contributed by atoms with van der Waals surface area (Å²) in [5.74, 6) is -0.0547. The Hall–Kier alpha value is -2.66. The van der Waals surface area contributed by atoms with Crippen LogP contribution < -0.4 is 4.74 Å². The molecular weight excluding hydrogens is 330 g/mol. The molecule has 1 unspecified atom stereocenters. The fourth-order valence-corrected chi connectivity index (χ4v) is 3.07. The summed E-state index contributed by atoms with van der Waals surface area (Å²) >= 11 is 0. The van der Waals surface area contributed by atoms with Crippen molar-refractivity contribution in [1.82, 2.24) is 4.90 Å². The van der Waals surface area contributed by atoms with Crippen molar-refractivity contribution in [2.24, 2.45) is 0 Å². The van der Waals surface area contributed by atoms with E-state index in [-0.39, 0.29) is 30.4 Å². The van der Waals surface area contributed by atoms with Gasteiger partial charge in [-0.3, -0.25) is 14.5 Å². The quantitative estimate of drug-likeness (QED) is 0.839. The van der Waals surface area contributed by atoms with Gasteiger partial charge in [-0.1, -0.05) is 51.1 Å². The van der Waals surface area contributed by atoms with Gasteiger partial charge in [0.25, 0.3) is 11.8 Å². The highest BCUT2D eigenvalue weighted by atomic mass is 16.5. The third-order valence-corrected chi connectivity index (χ3v) is 4.40. The Morgan fingerprint density at radius 1 is 0.962 bits per heavy atom. The summed E-state index contributed by atoms with van der Waals surface area (Å²) in [7, 11) is 0. The molecule has 1 heterocycles. The van der Waals surface area contributed by atoms with Gasteiger partial charge in [0.05, 0.1) is 17.7 Å². The highest BCUT2D eigenvalue weighted by Gasteiger charge is 2.36. The van der Waals surface area contributed by atoms with E-state index in [9.17, 15) is 14.7 Å². The summed E-state index contributed by atoms with van der Waals surface area (Å²) in [4.78, 5) is 25.8. The molecule has 5 nitrogen and oxygen atoms in total. The summed E-state index contributed by atoms with van der Waals surface area (Å²) in [5.41, 5.74) is 1.70. The Balaban J connectivity index is 1.66. The third-order valence-electron chi connectivity index (χ3n) is 4.40. The average Bonchev–Trinajstić information content (AvgIpc) is 2.85. The van der Waals surface area contributed by atoms with Gasteiger partial charge in [-0.2, -0.15) is 0 Å². The van der Waals surface area contributed by atoms with Crippen LogP contribution >= 0.6 is 0 Å². The molecule has 5 heteroatoms. The van der Waals surface area contributed by atoms with E-state index in [0.717, 1.165) is 10.5 Å². The maximum absolute atomic E-state index is 12.4. The van der Waals surface area contributed by atoms with Gasteiger partial charge in [-0.05, 0) is 29.2 Å². The Morgan fingerprint density at radius 2 is 1.50 bits per heavy atom. The number of rotatable bonds is 5. The van der Waals surface area contributed by atoms with E-state index in [1.165, 1.54) is 0 Å². The minimum Gasteiger partial charge on any atom is -0.491 e.